The van der Waals surface area contributed by atoms with Gasteiger partial charge in [0.15, 0.2) is 0 Å². The van der Waals surface area contributed by atoms with Gasteiger partial charge in [0.1, 0.15) is 0 Å². The van der Waals surface area contributed by atoms with Crippen LogP contribution in [0.4, 0.5) is 0 Å². The van der Waals surface area contributed by atoms with Crippen LogP contribution in [0.1, 0.15) is 0 Å². The molecule has 0 aromatic carbocycles. The molecule has 0 aliphatic rings. The zero-order chi connectivity index (χ0) is 0. The first-order valence-electron chi connectivity index (χ1n) is 0. The van der Waals surface area contributed by atoms with E-state index < -0.39 is 0 Å². The van der Waals surface area contributed by atoms with Gasteiger partial charge in [-0.3, -0.25) is 0 Å². The Balaban J connectivity index is 0. The fourth-order valence-electron chi connectivity index (χ4n) is 0. The van der Waals surface area contributed by atoms with Gasteiger partial charge < -0.3 is 0 Å². The van der Waals surface area contributed by atoms with E-state index in [9.17, 15) is 0 Å². The molecule has 0 spiro atoms. The van der Waals surface area contributed by atoms with Gasteiger partial charge >= 0.3 is 0 Å². The van der Waals surface area contributed by atoms with E-state index in [-0.39, 0.29) is 86.5 Å². The van der Waals surface area contributed by atoms with Crippen LogP contribution in [-0.4, -0.2) is 69.4 Å². The van der Waals surface area contributed by atoms with Crippen molar-refractivity contribution in [2.24, 2.45) is 0 Å². The Morgan fingerprint density at radius 1 is 0.400 bits per heavy atom. The molecule has 12 radical (unpaired) electrons. The minimum absolute atomic E-state index is 0. The molecule has 0 aliphatic carbocycles. The molecule has 0 amide bonds. The molecule has 0 bridgehead atoms. The van der Waals surface area contributed by atoms with E-state index in [0.29, 0.717) is 0 Å². The SMILES string of the molecule is [Al].[Al].[Al].[Al].[Fe]. The molecular formula is Al4Fe. The van der Waals surface area contributed by atoms with Crippen LogP contribution in [0.2, 0.25) is 0 Å². The van der Waals surface area contributed by atoms with E-state index in [1.165, 1.54) is 0 Å². The average Bonchev–Trinajstić information content (AvgIpc) is 0. The first-order valence-corrected chi connectivity index (χ1v) is 0. The third kappa shape index (κ3) is 20.5. The number of rotatable bonds is 0. The van der Waals surface area contributed by atoms with Crippen LogP contribution >= 0.6 is 0 Å². The van der Waals surface area contributed by atoms with Crippen LogP contribution in [0.5, 0.6) is 0 Å². The minimum atomic E-state index is 0. The largest absolute Gasteiger partial charge is 0 e. The van der Waals surface area contributed by atoms with Crippen LogP contribution in [0.25, 0.3) is 0 Å². The van der Waals surface area contributed by atoms with Crippen LogP contribution < -0.4 is 0 Å². The van der Waals surface area contributed by atoms with Crippen molar-refractivity contribution in [1.82, 2.24) is 0 Å². The van der Waals surface area contributed by atoms with Gasteiger partial charge in [-0.05, 0) is 0 Å². The van der Waals surface area contributed by atoms with Crippen molar-refractivity contribution < 1.29 is 17.1 Å². The van der Waals surface area contributed by atoms with Gasteiger partial charge in [-0.25, -0.2) is 0 Å². The zero-order valence-corrected chi connectivity index (χ0v) is 8.39. The summed E-state index contributed by atoms with van der Waals surface area (Å²) in [7, 11) is 0. The van der Waals surface area contributed by atoms with Crippen molar-refractivity contribution in [3.05, 3.63) is 0 Å². The third-order valence-corrected chi connectivity index (χ3v) is 0. The predicted molar refractivity (Wildman–Crippen MR) is 23.0 cm³/mol. The maximum Gasteiger partial charge on any atom is 0 e. The number of hydrogen-bond donors (Lipinski definition) is 0. The van der Waals surface area contributed by atoms with Gasteiger partial charge in [0.2, 0.25) is 0 Å². The first kappa shape index (κ1) is 48.2. The summed E-state index contributed by atoms with van der Waals surface area (Å²) < 4.78 is 0. The predicted octanol–water partition coefficient (Wildman–Crippen LogP) is -1.53. The summed E-state index contributed by atoms with van der Waals surface area (Å²) in [4.78, 5) is 0. The molecule has 0 atom stereocenters. The summed E-state index contributed by atoms with van der Waals surface area (Å²) in [6, 6.07) is 0. The van der Waals surface area contributed by atoms with Crippen LogP contribution in [0, 0.1) is 0 Å². The van der Waals surface area contributed by atoms with Crippen molar-refractivity contribution in [1.29, 1.82) is 0 Å². The van der Waals surface area contributed by atoms with Crippen LogP contribution in [0.15, 0.2) is 0 Å². The molecular weight excluding hydrogens is 164 g/mol. The summed E-state index contributed by atoms with van der Waals surface area (Å²) in [6.45, 7) is 0. The minimum Gasteiger partial charge on any atom is 0 e. The smallest absolute Gasteiger partial charge is 0 e. The van der Waals surface area contributed by atoms with Gasteiger partial charge in [-0.1, -0.05) is 0 Å². The molecule has 0 saturated heterocycles. The topological polar surface area (TPSA) is 0 Å². The maximum atomic E-state index is 0. The van der Waals surface area contributed by atoms with Gasteiger partial charge in [0, 0.05) is 86.5 Å². The molecule has 0 aromatic heterocycles. The molecule has 0 saturated carbocycles. The second-order valence-electron chi connectivity index (χ2n) is 0. The molecule has 5 heavy (non-hydrogen) atoms. The summed E-state index contributed by atoms with van der Waals surface area (Å²) in [5.41, 5.74) is 0. The second kappa shape index (κ2) is 30.2. The summed E-state index contributed by atoms with van der Waals surface area (Å²) >= 11 is 0. The quantitative estimate of drug-likeness (QED) is 0.381. The normalized spacial score (nSPS) is 0. The molecule has 0 aromatic rings. The van der Waals surface area contributed by atoms with E-state index in [0.717, 1.165) is 0 Å². The third-order valence-electron chi connectivity index (χ3n) is 0. The summed E-state index contributed by atoms with van der Waals surface area (Å²) in [6.07, 6.45) is 0. The van der Waals surface area contributed by atoms with E-state index in [1.54, 1.807) is 0 Å². The zero-order valence-electron chi connectivity index (χ0n) is 2.66. The van der Waals surface area contributed by atoms with Gasteiger partial charge in [0.05, 0.1) is 0 Å². The first-order chi connectivity index (χ1) is 0. The average molecular weight is 164 g/mol. The van der Waals surface area contributed by atoms with Gasteiger partial charge in [-0.15, -0.1) is 0 Å². The molecule has 0 N–H and O–H groups in total. The van der Waals surface area contributed by atoms with Crippen molar-refractivity contribution in [3.8, 4) is 0 Å². The van der Waals surface area contributed by atoms with E-state index in [4.69, 9.17) is 0 Å². The van der Waals surface area contributed by atoms with Gasteiger partial charge in [-0.2, -0.15) is 0 Å². The fraction of sp³-hybridized carbons (Fsp3) is 0. The van der Waals surface area contributed by atoms with E-state index >= 15 is 0 Å². The molecule has 20 valence electrons. The number of hydrogen-bond acceptors (Lipinski definition) is 0. The second-order valence-corrected chi connectivity index (χ2v) is 0. The Morgan fingerprint density at radius 2 is 0.400 bits per heavy atom. The molecule has 0 heterocycles. The summed E-state index contributed by atoms with van der Waals surface area (Å²) in [5, 5.41) is 0. The Bertz CT molecular complexity index is 3.61. The monoisotopic (exact) mass is 164 g/mol. The van der Waals surface area contributed by atoms with Crippen LogP contribution in [0.3, 0.4) is 0 Å². The molecule has 0 aliphatic heterocycles. The summed E-state index contributed by atoms with van der Waals surface area (Å²) in [5.74, 6) is 0. The van der Waals surface area contributed by atoms with Crippen molar-refractivity contribution in [3.63, 3.8) is 0 Å². The van der Waals surface area contributed by atoms with Crippen molar-refractivity contribution >= 4 is 69.4 Å². The Morgan fingerprint density at radius 3 is 0.400 bits per heavy atom. The Hall–Kier alpha value is 2.65. The molecule has 0 fully saturated rings. The standard InChI is InChI=1S/4Al.Fe. The maximum absolute atomic E-state index is 0. The van der Waals surface area contributed by atoms with Crippen molar-refractivity contribution in [2.75, 3.05) is 0 Å². The fourth-order valence-corrected chi connectivity index (χ4v) is 0. The molecule has 0 rings (SSSR count). The van der Waals surface area contributed by atoms with Crippen molar-refractivity contribution in [2.45, 2.75) is 0 Å². The molecule has 5 heteroatoms. The van der Waals surface area contributed by atoms with Crippen LogP contribution in [-0.2, 0) is 17.1 Å². The van der Waals surface area contributed by atoms with Gasteiger partial charge in [0.25, 0.3) is 0 Å². The van der Waals surface area contributed by atoms with E-state index in [1.807, 2.05) is 0 Å². The van der Waals surface area contributed by atoms with E-state index in [2.05, 4.69) is 0 Å². The molecule has 0 nitrogen and oxygen atoms in total. The Kier molecular flexibility index (Phi) is 291. The molecule has 0 unspecified atom stereocenters. The Labute approximate surface area is 85.5 Å².